The SMILES string of the molecule is CCOc1ccc(S(=O)(=O)NCCNc2ccc(-n3cccc3)nn2)cc1. The molecule has 0 aliphatic carbocycles. The van der Waals surface area contributed by atoms with Crippen molar-refractivity contribution in [2.75, 3.05) is 25.0 Å². The van der Waals surface area contributed by atoms with Gasteiger partial charge in [0.25, 0.3) is 0 Å². The van der Waals surface area contributed by atoms with Crippen LogP contribution in [-0.4, -0.2) is 42.9 Å². The molecule has 0 fully saturated rings. The monoisotopic (exact) mass is 387 g/mol. The summed E-state index contributed by atoms with van der Waals surface area (Å²) in [4.78, 5) is 0.196. The lowest BCUT2D eigenvalue weighted by Crippen LogP contribution is -2.29. The van der Waals surface area contributed by atoms with Crippen molar-refractivity contribution >= 4 is 15.8 Å². The first-order valence-electron chi connectivity index (χ1n) is 8.52. The van der Waals surface area contributed by atoms with Gasteiger partial charge in [0.2, 0.25) is 10.0 Å². The Bertz CT molecular complexity index is 940. The van der Waals surface area contributed by atoms with Crippen molar-refractivity contribution in [3.8, 4) is 11.6 Å². The van der Waals surface area contributed by atoms with Gasteiger partial charge in [0, 0.05) is 25.5 Å². The van der Waals surface area contributed by atoms with Crippen LogP contribution in [0.3, 0.4) is 0 Å². The van der Waals surface area contributed by atoms with Gasteiger partial charge in [0.05, 0.1) is 11.5 Å². The molecule has 3 rings (SSSR count). The molecule has 0 unspecified atom stereocenters. The Morgan fingerprint density at radius 3 is 2.37 bits per heavy atom. The number of ether oxygens (including phenoxy) is 1. The van der Waals surface area contributed by atoms with Gasteiger partial charge in [-0.3, -0.25) is 0 Å². The first-order chi connectivity index (χ1) is 13.1. The van der Waals surface area contributed by atoms with Crippen molar-refractivity contribution in [1.29, 1.82) is 0 Å². The summed E-state index contributed by atoms with van der Waals surface area (Å²) in [6, 6.07) is 13.8. The Morgan fingerprint density at radius 1 is 1.00 bits per heavy atom. The van der Waals surface area contributed by atoms with E-state index in [4.69, 9.17) is 4.74 Å². The average molecular weight is 387 g/mol. The number of hydrogen-bond donors (Lipinski definition) is 2. The summed E-state index contributed by atoms with van der Waals surface area (Å²) >= 11 is 0. The van der Waals surface area contributed by atoms with Crippen LogP contribution < -0.4 is 14.8 Å². The van der Waals surface area contributed by atoms with Crippen molar-refractivity contribution in [2.24, 2.45) is 0 Å². The second-order valence-electron chi connectivity index (χ2n) is 5.60. The molecule has 0 saturated heterocycles. The number of nitrogens with one attached hydrogen (secondary N) is 2. The van der Waals surface area contributed by atoms with Gasteiger partial charge in [0.1, 0.15) is 11.6 Å². The molecule has 0 atom stereocenters. The molecule has 1 aromatic carbocycles. The highest BCUT2D eigenvalue weighted by Crippen LogP contribution is 2.15. The topological polar surface area (TPSA) is 98.1 Å². The van der Waals surface area contributed by atoms with E-state index in [0.717, 1.165) is 0 Å². The van der Waals surface area contributed by atoms with Crippen LogP contribution in [-0.2, 0) is 10.0 Å². The zero-order valence-corrected chi connectivity index (χ0v) is 15.7. The van der Waals surface area contributed by atoms with E-state index < -0.39 is 10.0 Å². The Kier molecular flexibility index (Phi) is 6.05. The Balaban J connectivity index is 1.49. The van der Waals surface area contributed by atoms with Gasteiger partial charge in [-0.05, 0) is 55.5 Å². The number of hydrogen-bond acceptors (Lipinski definition) is 6. The largest absolute Gasteiger partial charge is 0.494 e. The van der Waals surface area contributed by atoms with Crippen LogP contribution in [0.2, 0.25) is 0 Å². The van der Waals surface area contributed by atoms with Gasteiger partial charge in [-0.15, -0.1) is 10.2 Å². The lowest BCUT2D eigenvalue weighted by atomic mass is 10.3. The van der Waals surface area contributed by atoms with Gasteiger partial charge in [0.15, 0.2) is 5.82 Å². The van der Waals surface area contributed by atoms with Crippen LogP contribution in [0.1, 0.15) is 6.92 Å². The highest BCUT2D eigenvalue weighted by molar-refractivity contribution is 7.89. The van der Waals surface area contributed by atoms with Gasteiger partial charge in [-0.1, -0.05) is 0 Å². The lowest BCUT2D eigenvalue weighted by Gasteiger charge is -2.09. The van der Waals surface area contributed by atoms with Gasteiger partial charge < -0.3 is 14.6 Å². The van der Waals surface area contributed by atoms with Crippen LogP contribution in [0.5, 0.6) is 5.75 Å². The Hall–Kier alpha value is -2.91. The van der Waals surface area contributed by atoms with Crippen LogP contribution in [0.25, 0.3) is 5.82 Å². The van der Waals surface area contributed by atoms with E-state index in [1.54, 1.807) is 18.2 Å². The van der Waals surface area contributed by atoms with Crippen molar-refractivity contribution < 1.29 is 13.2 Å². The first-order valence-corrected chi connectivity index (χ1v) is 10.0. The fraction of sp³-hybridized carbons (Fsp3) is 0.222. The van der Waals surface area contributed by atoms with Crippen molar-refractivity contribution in [3.05, 3.63) is 60.9 Å². The molecular weight excluding hydrogens is 366 g/mol. The first kappa shape index (κ1) is 18.9. The zero-order chi connectivity index (χ0) is 19.1. The molecule has 0 aliphatic rings. The lowest BCUT2D eigenvalue weighted by molar-refractivity contribution is 0.340. The predicted octanol–water partition coefficient (Wildman–Crippen LogP) is 2.06. The van der Waals surface area contributed by atoms with E-state index in [2.05, 4.69) is 20.2 Å². The third-order valence-electron chi connectivity index (χ3n) is 3.69. The summed E-state index contributed by atoms with van der Waals surface area (Å²) in [6.45, 7) is 3.01. The van der Waals surface area contributed by atoms with Crippen LogP contribution in [0.15, 0.2) is 65.8 Å². The fourth-order valence-electron chi connectivity index (χ4n) is 2.39. The smallest absolute Gasteiger partial charge is 0.240 e. The Morgan fingerprint density at radius 2 is 1.74 bits per heavy atom. The fourth-order valence-corrected chi connectivity index (χ4v) is 3.42. The average Bonchev–Trinajstić information content (AvgIpc) is 3.21. The van der Waals surface area contributed by atoms with E-state index in [1.807, 2.05) is 42.1 Å². The second-order valence-corrected chi connectivity index (χ2v) is 7.36. The molecule has 27 heavy (non-hydrogen) atoms. The third-order valence-corrected chi connectivity index (χ3v) is 5.16. The molecule has 9 heteroatoms. The predicted molar refractivity (Wildman–Crippen MR) is 103 cm³/mol. The quantitative estimate of drug-likeness (QED) is 0.546. The van der Waals surface area contributed by atoms with E-state index >= 15 is 0 Å². The number of benzene rings is 1. The van der Waals surface area contributed by atoms with Crippen LogP contribution >= 0.6 is 0 Å². The van der Waals surface area contributed by atoms with Gasteiger partial charge >= 0.3 is 0 Å². The summed E-state index contributed by atoms with van der Waals surface area (Å²) in [5.41, 5.74) is 0. The Labute approximate surface area is 158 Å². The number of nitrogens with zero attached hydrogens (tertiary/aromatic N) is 3. The van der Waals surface area contributed by atoms with Crippen LogP contribution in [0.4, 0.5) is 5.82 Å². The zero-order valence-electron chi connectivity index (χ0n) is 14.9. The minimum Gasteiger partial charge on any atom is -0.494 e. The molecule has 0 amide bonds. The van der Waals surface area contributed by atoms with E-state index in [0.29, 0.717) is 30.5 Å². The van der Waals surface area contributed by atoms with E-state index in [9.17, 15) is 8.42 Å². The summed E-state index contributed by atoms with van der Waals surface area (Å²) < 4.78 is 34.3. The number of anilines is 1. The molecular formula is C18H21N5O3S. The third kappa shape index (κ3) is 5.05. The van der Waals surface area contributed by atoms with Crippen LogP contribution in [0, 0.1) is 0 Å². The maximum atomic E-state index is 12.3. The highest BCUT2D eigenvalue weighted by Gasteiger charge is 2.13. The maximum Gasteiger partial charge on any atom is 0.240 e. The molecule has 0 saturated carbocycles. The summed E-state index contributed by atoms with van der Waals surface area (Å²) in [5, 5.41) is 11.2. The molecule has 0 spiro atoms. The number of aromatic nitrogens is 3. The molecule has 2 N–H and O–H groups in total. The van der Waals surface area contributed by atoms with E-state index in [1.165, 1.54) is 12.1 Å². The second kappa shape index (κ2) is 8.65. The standard InChI is InChI=1S/C18H21N5O3S/c1-2-26-15-5-7-16(8-6-15)27(24,25)20-12-11-19-17-9-10-18(22-21-17)23-13-3-4-14-23/h3-10,13-14,20H,2,11-12H2,1H3,(H,19,21). The molecule has 2 aromatic heterocycles. The molecule has 0 aliphatic heterocycles. The van der Waals surface area contributed by atoms with Gasteiger partial charge in [-0.25, -0.2) is 13.1 Å². The molecule has 2 heterocycles. The number of rotatable bonds is 9. The molecule has 142 valence electrons. The van der Waals surface area contributed by atoms with Crippen molar-refractivity contribution in [3.63, 3.8) is 0 Å². The highest BCUT2D eigenvalue weighted by atomic mass is 32.2. The minimum atomic E-state index is -3.57. The molecule has 0 radical (unpaired) electrons. The summed E-state index contributed by atoms with van der Waals surface area (Å²) in [7, 11) is -3.57. The normalized spacial score (nSPS) is 11.3. The van der Waals surface area contributed by atoms with E-state index in [-0.39, 0.29) is 11.4 Å². The summed E-state index contributed by atoms with van der Waals surface area (Å²) in [5.74, 6) is 1.92. The number of sulfonamides is 1. The molecule has 3 aromatic rings. The molecule has 0 bridgehead atoms. The van der Waals surface area contributed by atoms with Crippen molar-refractivity contribution in [2.45, 2.75) is 11.8 Å². The van der Waals surface area contributed by atoms with Crippen molar-refractivity contribution in [1.82, 2.24) is 19.5 Å². The minimum absolute atomic E-state index is 0.196. The maximum absolute atomic E-state index is 12.3. The van der Waals surface area contributed by atoms with Gasteiger partial charge in [-0.2, -0.15) is 0 Å². The summed E-state index contributed by atoms with van der Waals surface area (Å²) in [6.07, 6.45) is 3.76. The molecule has 8 nitrogen and oxygen atoms in total.